The zero-order valence-electron chi connectivity index (χ0n) is 12.3. The molecule has 0 aliphatic carbocycles. The first-order valence-corrected chi connectivity index (χ1v) is 8.13. The van der Waals surface area contributed by atoms with Crippen molar-refractivity contribution in [2.75, 3.05) is 5.32 Å². The van der Waals surface area contributed by atoms with Crippen LogP contribution in [0.2, 0.25) is 0 Å². The molecule has 3 rings (SSSR count). The topological polar surface area (TPSA) is 42.0 Å². The van der Waals surface area contributed by atoms with Gasteiger partial charge in [0.05, 0.1) is 0 Å². The quantitative estimate of drug-likeness (QED) is 0.749. The van der Waals surface area contributed by atoms with Gasteiger partial charge in [-0.05, 0) is 36.2 Å². The van der Waals surface area contributed by atoms with Crippen molar-refractivity contribution in [1.82, 2.24) is 4.98 Å². The number of aromatic nitrogens is 1. The highest BCUT2D eigenvalue weighted by atomic mass is 32.1. The number of hydrogen-bond donors (Lipinski definition) is 1. The molecular weight excluding hydrogens is 311 g/mol. The number of thiazole rings is 1. The molecule has 1 heterocycles. The van der Waals surface area contributed by atoms with E-state index in [1.54, 1.807) is 23.6 Å². The smallest absolute Gasteiger partial charge is 0.224 e. The summed E-state index contributed by atoms with van der Waals surface area (Å²) >= 11 is 1.55. The Hall–Kier alpha value is -2.53. The fraction of sp³-hybridized carbons (Fsp3) is 0.111. The monoisotopic (exact) mass is 326 g/mol. The predicted octanol–water partition coefficient (Wildman–Crippen LogP) is 4.52. The minimum absolute atomic E-state index is 0.0921. The van der Waals surface area contributed by atoms with Crippen molar-refractivity contribution < 1.29 is 9.18 Å². The zero-order chi connectivity index (χ0) is 16.1. The van der Waals surface area contributed by atoms with E-state index in [1.165, 1.54) is 12.1 Å². The standard InChI is InChI=1S/C18H15FN2OS/c19-15-5-1-3-13(11-15)7-8-17(22)21-16-6-2-4-14(12-16)18-20-9-10-23-18/h1-6,9-12H,7-8H2,(H,21,22). The largest absolute Gasteiger partial charge is 0.326 e. The lowest BCUT2D eigenvalue weighted by atomic mass is 10.1. The Kier molecular flexibility index (Phi) is 4.78. The number of anilines is 1. The van der Waals surface area contributed by atoms with Gasteiger partial charge in [0.25, 0.3) is 0 Å². The van der Waals surface area contributed by atoms with Crippen LogP contribution in [-0.4, -0.2) is 10.9 Å². The fourth-order valence-electron chi connectivity index (χ4n) is 2.27. The summed E-state index contributed by atoms with van der Waals surface area (Å²) in [5.41, 5.74) is 2.53. The molecule has 0 spiro atoms. The third-order valence-corrected chi connectivity index (χ3v) is 4.18. The first-order valence-electron chi connectivity index (χ1n) is 7.25. The summed E-state index contributed by atoms with van der Waals surface area (Å²) in [6.45, 7) is 0. The van der Waals surface area contributed by atoms with E-state index in [9.17, 15) is 9.18 Å². The number of benzene rings is 2. The molecule has 1 aromatic heterocycles. The molecule has 0 radical (unpaired) electrons. The van der Waals surface area contributed by atoms with Crippen LogP contribution >= 0.6 is 11.3 Å². The molecule has 0 saturated carbocycles. The van der Waals surface area contributed by atoms with E-state index in [1.807, 2.05) is 35.7 Å². The van der Waals surface area contributed by atoms with Crippen LogP contribution in [0.4, 0.5) is 10.1 Å². The van der Waals surface area contributed by atoms with Gasteiger partial charge in [-0.25, -0.2) is 9.37 Å². The molecule has 116 valence electrons. The molecule has 0 fully saturated rings. The summed E-state index contributed by atoms with van der Waals surface area (Å²) in [7, 11) is 0. The Labute approximate surface area is 137 Å². The van der Waals surface area contributed by atoms with E-state index in [-0.39, 0.29) is 11.7 Å². The van der Waals surface area contributed by atoms with Gasteiger partial charge in [-0.1, -0.05) is 24.3 Å². The van der Waals surface area contributed by atoms with Crippen LogP contribution in [0.3, 0.4) is 0 Å². The van der Waals surface area contributed by atoms with Crippen LogP contribution in [0.5, 0.6) is 0 Å². The SMILES string of the molecule is O=C(CCc1cccc(F)c1)Nc1cccc(-c2nccs2)c1. The number of carbonyl (C=O) groups excluding carboxylic acids is 1. The number of nitrogens with one attached hydrogen (secondary N) is 1. The van der Waals surface area contributed by atoms with Gasteiger partial charge in [0, 0.05) is 29.2 Å². The van der Waals surface area contributed by atoms with Gasteiger partial charge in [-0.2, -0.15) is 0 Å². The van der Waals surface area contributed by atoms with Gasteiger partial charge < -0.3 is 5.32 Å². The van der Waals surface area contributed by atoms with E-state index in [0.29, 0.717) is 12.8 Å². The minimum Gasteiger partial charge on any atom is -0.326 e. The van der Waals surface area contributed by atoms with Crippen molar-refractivity contribution in [3.8, 4) is 10.6 Å². The Balaban J connectivity index is 1.61. The number of rotatable bonds is 5. The summed E-state index contributed by atoms with van der Waals surface area (Å²) < 4.78 is 13.1. The van der Waals surface area contributed by atoms with Crippen LogP contribution in [0.15, 0.2) is 60.1 Å². The number of halogens is 1. The summed E-state index contributed by atoms with van der Waals surface area (Å²) in [5.74, 6) is -0.371. The summed E-state index contributed by atoms with van der Waals surface area (Å²) in [6, 6.07) is 13.9. The minimum atomic E-state index is -0.279. The van der Waals surface area contributed by atoms with Crippen LogP contribution in [0, 0.1) is 5.82 Å². The average molecular weight is 326 g/mol. The molecule has 2 aromatic carbocycles. The Morgan fingerprint density at radius 3 is 2.83 bits per heavy atom. The van der Waals surface area contributed by atoms with Gasteiger partial charge >= 0.3 is 0 Å². The molecule has 5 heteroatoms. The summed E-state index contributed by atoms with van der Waals surface area (Å²) in [6.07, 6.45) is 2.57. The van der Waals surface area contributed by atoms with E-state index in [4.69, 9.17) is 0 Å². The molecule has 0 saturated heterocycles. The van der Waals surface area contributed by atoms with Crippen molar-refractivity contribution >= 4 is 22.9 Å². The number of nitrogens with zero attached hydrogens (tertiary/aromatic N) is 1. The third-order valence-electron chi connectivity index (χ3n) is 3.36. The molecule has 3 aromatic rings. The van der Waals surface area contributed by atoms with Crippen LogP contribution in [-0.2, 0) is 11.2 Å². The Bertz CT molecular complexity index is 802. The molecule has 0 atom stereocenters. The average Bonchev–Trinajstić information content (AvgIpc) is 3.08. The second-order valence-corrected chi connectivity index (χ2v) is 5.99. The number of hydrogen-bond acceptors (Lipinski definition) is 3. The molecule has 0 aliphatic heterocycles. The van der Waals surface area contributed by atoms with Gasteiger partial charge in [-0.3, -0.25) is 4.79 Å². The number of amides is 1. The molecule has 0 bridgehead atoms. The fourth-order valence-corrected chi connectivity index (χ4v) is 2.91. The number of aryl methyl sites for hydroxylation is 1. The van der Waals surface area contributed by atoms with Crippen molar-refractivity contribution in [2.24, 2.45) is 0 Å². The zero-order valence-corrected chi connectivity index (χ0v) is 13.1. The van der Waals surface area contributed by atoms with E-state index < -0.39 is 0 Å². The highest BCUT2D eigenvalue weighted by molar-refractivity contribution is 7.13. The molecular formula is C18H15FN2OS. The predicted molar refractivity (Wildman–Crippen MR) is 90.9 cm³/mol. The maximum atomic E-state index is 13.1. The molecule has 3 nitrogen and oxygen atoms in total. The lowest BCUT2D eigenvalue weighted by Crippen LogP contribution is -2.12. The summed E-state index contributed by atoms with van der Waals surface area (Å²) in [4.78, 5) is 16.3. The second kappa shape index (κ2) is 7.15. The van der Waals surface area contributed by atoms with Crippen molar-refractivity contribution in [3.05, 3.63) is 71.5 Å². The molecule has 0 unspecified atom stereocenters. The number of carbonyl (C=O) groups is 1. The highest BCUT2D eigenvalue weighted by Crippen LogP contribution is 2.24. The Morgan fingerprint density at radius 1 is 1.17 bits per heavy atom. The van der Waals surface area contributed by atoms with Gasteiger partial charge in [-0.15, -0.1) is 11.3 Å². The lowest BCUT2D eigenvalue weighted by molar-refractivity contribution is -0.116. The molecule has 0 aliphatic rings. The Morgan fingerprint density at radius 2 is 2.04 bits per heavy atom. The van der Waals surface area contributed by atoms with Crippen molar-refractivity contribution in [1.29, 1.82) is 0 Å². The van der Waals surface area contributed by atoms with E-state index in [0.717, 1.165) is 21.8 Å². The van der Waals surface area contributed by atoms with Gasteiger partial charge in [0.15, 0.2) is 0 Å². The normalized spacial score (nSPS) is 10.5. The van der Waals surface area contributed by atoms with Crippen LogP contribution in [0.25, 0.3) is 10.6 Å². The van der Waals surface area contributed by atoms with Crippen LogP contribution < -0.4 is 5.32 Å². The van der Waals surface area contributed by atoms with Gasteiger partial charge in [0.1, 0.15) is 10.8 Å². The first-order chi connectivity index (χ1) is 11.2. The van der Waals surface area contributed by atoms with E-state index in [2.05, 4.69) is 10.3 Å². The molecule has 1 N–H and O–H groups in total. The maximum absolute atomic E-state index is 13.1. The van der Waals surface area contributed by atoms with Crippen LogP contribution in [0.1, 0.15) is 12.0 Å². The van der Waals surface area contributed by atoms with E-state index >= 15 is 0 Å². The van der Waals surface area contributed by atoms with Crippen molar-refractivity contribution in [2.45, 2.75) is 12.8 Å². The lowest BCUT2D eigenvalue weighted by Gasteiger charge is -2.07. The van der Waals surface area contributed by atoms with Gasteiger partial charge in [0.2, 0.25) is 5.91 Å². The van der Waals surface area contributed by atoms with Crippen molar-refractivity contribution in [3.63, 3.8) is 0 Å². The highest BCUT2D eigenvalue weighted by Gasteiger charge is 2.06. The molecule has 1 amide bonds. The molecule has 23 heavy (non-hydrogen) atoms. The summed E-state index contributed by atoms with van der Waals surface area (Å²) in [5, 5.41) is 5.71. The third kappa shape index (κ3) is 4.23. The second-order valence-electron chi connectivity index (χ2n) is 5.10. The first kappa shape index (κ1) is 15.4. The maximum Gasteiger partial charge on any atom is 0.224 e.